The van der Waals surface area contributed by atoms with Crippen molar-refractivity contribution in [3.05, 3.63) is 35.4 Å². The summed E-state index contributed by atoms with van der Waals surface area (Å²) in [6.07, 6.45) is 3.62. The minimum Gasteiger partial charge on any atom is -0.370 e. The third kappa shape index (κ3) is 3.80. The van der Waals surface area contributed by atoms with Gasteiger partial charge in [-0.05, 0) is 36.3 Å². The van der Waals surface area contributed by atoms with E-state index < -0.39 is 0 Å². The third-order valence-corrected chi connectivity index (χ3v) is 5.01. The maximum Gasteiger partial charge on any atom is 0.191 e. The van der Waals surface area contributed by atoms with E-state index in [-0.39, 0.29) is 0 Å². The predicted molar refractivity (Wildman–Crippen MR) is 91.9 cm³/mol. The molecule has 120 valence electrons. The molecule has 4 heteroatoms. The van der Waals surface area contributed by atoms with E-state index >= 15 is 0 Å². The van der Waals surface area contributed by atoms with Gasteiger partial charge in [0.05, 0.1) is 6.54 Å². The predicted octanol–water partition coefficient (Wildman–Crippen LogP) is 2.09. The maximum atomic E-state index is 6.14. The highest BCUT2D eigenvalue weighted by atomic mass is 15.3. The summed E-state index contributed by atoms with van der Waals surface area (Å²) in [6, 6.07) is 8.77. The van der Waals surface area contributed by atoms with Gasteiger partial charge in [-0.1, -0.05) is 31.2 Å². The van der Waals surface area contributed by atoms with E-state index in [4.69, 9.17) is 5.73 Å². The summed E-state index contributed by atoms with van der Waals surface area (Å²) in [4.78, 5) is 9.33. The van der Waals surface area contributed by atoms with Crippen molar-refractivity contribution in [2.24, 2.45) is 16.6 Å². The van der Waals surface area contributed by atoms with Crippen LogP contribution in [0, 0.1) is 5.92 Å². The first kappa shape index (κ1) is 15.3. The second-order valence-electron chi connectivity index (χ2n) is 6.70. The largest absolute Gasteiger partial charge is 0.370 e. The molecule has 0 saturated carbocycles. The van der Waals surface area contributed by atoms with Gasteiger partial charge < -0.3 is 10.6 Å². The molecule has 0 aromatic heterocycles. The van der Waals surface area contributed by atoms with Gasteiger partial charge in [-0.15, -0.1) is 0 Å². The fourth-order valence-corrected chi connectivity index (χ4v) is 3.39. The van der Waals surface area contributed by atoms with Crippen LogP contribution in [0.25, 0.3) is 0 Å². The Bertz CT molecular complexity index is 518. The summed E-state index contributed by atoms with van der Waals surface area (Å²) in [5, 5.41) is 0. The van der Waals surface area contributed by atoms with Crippen LogP contribution in [0.4, 0.5) is 0 Å². The summed E-state index contributed by atoms with van der Waals surface area (Å²) in [5.41, 5.74) is 9.12. The minimum absolute atomic E-state index is 0.740. The highest BCUT2D eigenvalue weighted by molar-refractivity contribution is 5.78. The fourth-order valence-electron chi connectivity index (χ4n) is 3.39. The molecule has 2 aliphatic rings. The molecule has 22 heavy (non-hydrogen) atoms. The van der Waals surface area contributed by atoms with Crippen LogP contribution in [-0.2, 0) is 13.0 Å². The zero-order valence-electron chi connectivity index (χ0n) is 13.7. The molecule has 2 aliphatic heterocycles. The molecule has 1 fully saturated rings. The first-order valence-electron chi connectivity index (χ1n) is 8.56. The molecule has 1 aromatic rings. The number of aliphatic imine (C=N–C) groups is 1. The summed E-state index contributed by atoms with van der Waals surface area (Å²) in [7, 11) is 0. The van der Waals surface area contributed by atoms with E-state index in [1.54, 1.807) is 0 Å². The topological polar surface area (TPSA) is 44.9 Å². The van der Waals surface area contributed by atoms with Gasteiger partial charge in [0.1, 0.15) is 0 Å². The SMILES string of the molecule is CC1CCN(C(N)=NCCN2CCc3ccccc3C2)CC1. The van der Waals surface area contributed by atoms with Crippen molar-refractivity contribution in [1.29, 1.82) is 0 Å². The van der Waals surface area contributed by atoms with Crippen molar-refractivity contribution in [1.82, 2.24) is 9.80 Å². The van der Waals surface area contributed by atoms with Crippen LogP contribution in [0.1, 0.15) is 30.9 Å². The molecule has 2 N–H and O–H groups in total. The van der Waals surface area contributed by atoms with Gasteiger partial charge in [0.25, 0.3) is 0 Å². The molecule has 0 atom stereocenters. The van der Waals surface area contributed by atoms with E-state index in [0.717, 1.165) is 57.6 Å². The van der Waals surface area contributed by atoms with Crippen molar-refractivity contribution in [2.45, 2.75) is 32.7 Å². The maximum absolute atomic E-state index is 6.14. The van der Waals surface area contributed by atoms with E-state index in [9.17, 15) is 0 Å². The quantitative estimate of drug-likeness (QED) is 0.687. The number of likely N-dealkylation sites (tertiary alicyclic amines) is 1. The summed E-state index contributed by atoms with van der Waals surface area (Å²) >= 11 is 0. The van der Waals surface area contributed by atoms with Crippen molar-refractivity contribution in [3.63, 3.8) is 0 Å². The Balaban J connectivity index is 1.46. The minimum atomic E-state index is 0.740. The number of nitrogens with zero attached hydrogens (tertiary/aromatic N) is 3. The lowest BCUT2D eigenvalue weighted by Gasteiger charge is -2.31. The van der Waals surface area contributed by atoms with Crippen LogP contribution in [0.15, 0.2) is 29.3 Å². The molecule has 1 saturated heterocycles. The van der Waals surface area contributed by atoms with Crippen molar-refractivity contribution in [3.8, 4) is 0 Å². The molecular weight excluding hydrogens is 272 g/mol. The molecular formula is C18H28N4. The van der Waals surface area contributed by atoms with Crippen LogP contribution in [0.5, 0.6) is 0 Å². The van der Waals surface area contributed by atoms with Crippen LogP contribution in [0.2, 0.25) is 0 Å². The average molecular weight is 300 g/mol. The van der Waals surface area contributed by atoms with Gasteiger partial charge in [-0.3, -0.25) is 9.89 Å². The number of nitrogens with two attached hydrogens (primary N) is 1. The zero-order chi connectivity index (χ0) is 15.4. The Morgan fingerprint density at radius 2 is 1.91 bits per heavy atom. The number of fused-ring (bicyclic) bond motifs is 1. The van der Waals surface area contributed by atoms with Gasteiger partial charge >= 0.3 is 0 Å². The van der Waals surface area contributed by atoms with Gasteiger partial charge in [-0.25, -0.2) is 0 Å². The molecule has 3 rings (SSSR count). The van der Waals surface area contributed by atoms with Crippen LogP contribution >= 0.6 is 0 Å². The summed E-state index contributed by atoms with van der Waals surface area (Å²) in [5.74, 6) is 1.57. The molecule has 0 aliphatic carbocycles. The van der Waals surface area contributed by atoms with Crippen molar-refractivity contribution >= 4 is 5.96 Å². The van der Waals surface area contributed by atoms with E-state index in [0.29, 0.717) is 0 Å². The number of hydrogen-bond donors (Lipinski definition) is 1. The Morgan fingerprint density at radius 1 is 1.18 bits per heavy atom. The van der Waals surface area contributed by atoms with Crippen LogP contribution < -0.4 is 5.73 Å². The molecule has 2 heterocycles. The normalized spacial score (nSPS) is 21.0. The average Bonchev–Trinajstić information content (AvgIpc) is 2.55. The Morgan fingerprint density at radius 3 is 2.68 bits per heavy atom. The molecule has 0 spiro atoms. The molecule has 0 radical (unpaired) electrons. The fraction of sp³-hybridized carbons (Fsp3) is 0.611. The molecule has 0 amide bonds. The number of guanidine groups is 1. The van der Waals surface area contributed by atoms with E-state index in [2.05, 4.69) is 46.0 Å². The third-order valence-electron chi connectivity index (χ3n) is 5.01. The van der Waals surface area contributed by atoms with Crippen LogP contribution in [-0.4, -0.2) is 48.5 Å². The number of benzene rings is 1. The van der Waals surface area contributed by atoms with Gasteiger partial charge in [0.2, 0.25) is 0 Å². The second kappa shape index (κ2) is 7.14. The van der Waals surface area contributed by atoms with Gasteiger partial charge in [-0.2, -0.15) is 0 Å². The highest BCUT2D eigenvalue weighted by Gasteiger charge is 2.17. The Hall–Kier alpha value is -1.55. The lowest BCUT2D eigenvalue weighted by molar-refractivity contribution is 0.258. The molecule has 1 aromatic carbocycles. The molecule has 0 unspecified atom stereocenters. The number of piperidine rings is 1. The standard InChI is InChI=1S/C18H28N4/c1-15-6-11-22(12-7-15)18(19)20-9-13-21-10-8-16-4-2-3-5-17(16)14-21/h2-5,15H,6-14H2,1H3,(H2,19,20). The van der Waals surface area contributed by atoms with Gasteiger partial charge in [0, 0.05) is 32.7 Å². The Kier molecular flexibility index (Phi) is 4.98. The first-order chi connectivity index (χ1) is 10.7. The van der Waals surface area contributed by atoms with Crippen LogP contribution in [0.3, 0.4) is 0 Å². The van der Waals surface area contributed by atoms with E-state index in [1.807, 2.05) is 0 Å². The molecule has 4 nitrogen and oxygen atoms in total. The Labute approximate surface area is 134 Å². The summed E-state index contributed by atoms with van der Waals surface area (Å²) in [6.45, 7) is 8.43. The summed E-state index contributed by atoms with van der Waals surface area (Å²) < 4.78 is 0. The zero-order valence-corrected chi connectivity index (χ0v) is 13.7. The lowest BCUT2D eigenvalue weighted by Crippen LogP contribution is -2.43. The van der Waals surface area contributed by atoms with E-state index in [1.165, 1.54) is 24.0 Å². The number of rotatable bonds is 3. The van der Waals surface area contributed by atoms with Crippen molar-refractivity contribution in [2.75, 3.05) is 32.7 Å². The highest BCUT2D eigenvalue weighted by Crippen LogP contribution is 2.18. The monoisotopic (exact) mass is 300 g/mol. The first-order valence-corrected chi connectivity index (χ1v) is 8.56. The lowest BCUT2D eigenvalue weighted by atomic mass is 10.00. The van der Waals surface area contributed by atoms with Crippen molar-refractivity contribution < 1.29 is 0 Å². The molecule has 0 bridgehead atoms. The number of hydrogen-bond acceptors (Lipinski definition) is 2. The smallest absolute Gasteiger partial charge is 0.191 e. The van der Waals surface area contributed by atoms with Gasteiger partial charge in [0.15, 0.2) is 5.96 Å². The second-order valence-corrected chi connectivity index (χ2v) is 6.70.